The van der Waals surface area contributed by atoms with Gasteiger partial charge in [-0.05, 0) is 29.7 Å². The van der Waals surface area contributed by atoms with Crippen LogP contribution in [0.1, 0.15) is 16.8 Å². The van der Waals surface area contributed by atoms with Gasteiger partial charge in [0, 0.05) is 18.7 Å². The van der Waals surface area contributed by atoms with Gasteiger partial charge in [0.2, 0.25) is 0 Å². The van der Waals surface area contributed by atoms with Gasteiger partial charge in [-0.15, -0.1) is 0 Å². The molecule has 0 saturated carbocycles. The molecule has 2 aromatic carbocycles. The van der Waals surface area contributed by atoms with Crippen molar-refractivity contribution in [3.8, 4) is 11.1 Å². The van der Waals surface area contributed by atoms with Gasteiger partial charge in [0.15, 0.2) is 9.84 Å². The minimum absolute atomic E-state index is 0.0668. The third-order valence-corrected chi connectivity index (χ3v) is 6.07. The van der Waals surface area contributed by atoms with Crippen molar-refractivity contribution in [1.82, 2.24) is 4.90 Å². The molecule has 1 fully saturated rings. The number of amides is 1. The molecule has 0 N–H and O–H groups in total. The molecule has 3 rings (SSSR count). The summed E-state index contributed by atoms with van der Waals surface area (Å²) >= 11 is 0. The zero-order chi connectivity index (χ0) is 16.4. The molecule has 0 radical (unpaired) electrons. The van der Waals surface area contributed by atoms with Crippen molar-refractivity contribution in [2.45, 2.75) is 12.5 Å². The zero-order valence-electron chi connectivity index (χ0n) is 13.0. The summed E-state index contributed by atoms with van der Waals surface area (Å²) in [4.78, 5) is 14.1. The predicted molar refractivity (Wildman–Crippen MR) is 91.0 cm³/mol. The first kappa shape index (κ1) is 15.7. The molecule has 0 bridgehead atoms. The topological polar surface area (TPSA) is 54.5 Å². The number of hydrogen-bond donors (Lipinski definition) is 0. The van der Waals surface area contributed by atoms with Gasteiger partial charge in [-0.1, -0.05) is 42.5 Å². The third-order valence-electron chi connectivity index (χ3n) is 4.32. The largest absolute Gasteiger partial charge is 0.338 e. The molecular weight excluding hydrogens is 310 g/mol. The van der Waals surface area contributed by atoms with Crippen molar-refractivity contribution in [2.24, 2.45) is 0 Å². The summed E-state index contributed by atoms with van der Waals surface area (Å²) in [7, 11) is -1.31. The van der Waals surface area contributed by atoms with E-state index in [1.807, 2.05) is 42.5 Å². The molecule has 23 heavy (non-hydrogen) atoms. The van der Waals surface area contributed by atoms with Crippen molar-refractivity contribution in [3.05, 3.63) is 60.2 Å². The Morgan fingerprint density at radius 1 is 1.00 bits per heavy atom. The van der Waals surface area contributed by atoms with Gasteiger partial charge in [-0.2, -0.15) is 0 Å². The van der Waals surface area contributed by atoms with E-state index in [0.717, 1.165) is 11.1 Å². The lowest BCUT2D eigenvalue weighted by Crippen LogP contribution is -2.37. The first-order chi connectivity index (χ1) is 11.0. The molecule has 1 aliphatic heterocycles. The van der Waals surface area contributed by atoms with Gasteiger partial charge >= 0.3 is 0 Å². The minimum Gasteiger partial charge on any atom is -0.338 e. The van der Waals surface area contributed by atoms with Gasteiger partial charge < -0.3 is 4.90 Å². The normalized spacial score (nSPS) is 19.4. The summed E-state index contributed by atoms with van der Waals surface area (Å²) in [6.07, 6.45) is 0.521. The molecule has 2 aromatic rings. The number of benzene rings is 2. The van der Waals surface area contributed by atoms with E-state index in [0.29, 0.717) is 12.0 Å². The van der Waals surface area contributed by atoms with Gasteiger partial charge in [0.1, 0.15) is 0 Å². The number of carbonyl (C=O) groups excluding carboxylic acids is 1. The molecule has 0 aromatic heterocycles. The average molecular weight is 329 g/mol. The maximum absolute atomic E-state index is 12.5. The van der Waals surface area contributed by atoms with Crippen LogP contribution in [0, 0.1) is 0 Å². The highest BCUT2D eigenvalue weighted by molar-refractivity contribution is 7.91. The van der Waals surface area contributed by atoms with Crippen LogP contribution in [0.4, 0.5) is 0 Å². The molecule has 1 saturated heterocycles. The van der Waals surface area contributed by atoms with Crippen molar-refractivity contribution < 1.29 is 13.2 Å². The van der Waals surface area contributed by atoms with Gasteiger partial charge in [0.05, 0.1) is 11.5 Å². The second kappa shape index (κ2) is 6.16. The molecule has 1 aliphatic rings. The van der Waals surface area contributed by atoms with Crippen LogP contribution < -0.4 is 0 Å². The van der Waals surface area contributed by atoms with E-state index < -0.39 is 9.84 Å². The lowest BCUT2D eigenvalue weighted by atomic mass is 10.0. The number of nitrogens with zero attached hydrogens (tertiary/aromatic N) is 1. The second-order valence-corrected chi connectivity index (χ2v) is 8.15. The Bertz CT molecular complexity index is 798. The number of carbonyl (C=O) groups is 1. The molecule has 1 atom stereocenters. The lowest BCUT2D eigenvalue weighted by molar-refractivity contribution is 0.0747. The van der Waals surface area contributed by atoms with E-state index in [2.05, 4.69) is 0 Å². The molecule has 120 valence electrons. The van der Waals surface area contributed by atoms with E-state index in [-0.39, 0.29) is 23.5 Å². The number of rotatable bonds is 3. The number of sulfone groups is 1. The molecule has 1 amide bonds. The smallest absolute Gasteiger partial charge is 0.253 e. The summed E-state index contributed by atoms with van der Waals surface area (Å²) in [6, 6.07) is 17.2. The van der Waals surface area contributed by atoms with Crippen LogP contribution in [0.3, 0.4) is 0 Å². The highest BCUT2D eigenvalue weighted by Crippen LogP contribution is 2.22. The standard InChI is InChI=1S/C18H19NO3S/c1-19(17-11-12-23(21,22)13-17)18(20)16-9-7-15(8-10-16)14-5-3-2-4-6-14/h2-10,17H,11-13H2,1H3/t17-/m1/s1. The lowest BCUT2D eigenvalue weighted by Gasteiger charge is -2.23. The quantitative estimate of drug-likeness (QED) is 0.870. The summed E-state index contributed by atoms with van der Waals surface area (Å²) < 4.78 is 23.1. The van der Waals surface area contributed by atoms with Crippen LogP contribution in [0.25, 0.3) is 11.1 Å². The summed E-state index contributed by atoms with van der Waals surface area (Å²) in [5, 5.41) is 0. The first-order valence-corrected chi connectivity index (χ1v) is 9.41. The summed E-state index contributed by atoms with van der Waals surface area (Å²) in [5.41, 5.74) is 2.73. The van der Waals surface area contributed by atoms with Gasteiger partial charge in [0.25, 0.3) is 5.91 Å². The van der Waals surface area contributed by atoms with Gasteiger partial charge in [-0.25, -0.2) is 8.42 Å². The highest BCUT2D eigenvalue weighted by atomic mass is 32.2. The van der Waals surface area contributed by atoms with Crippen molar-refractivity contribution >= 4 is 15.7 Å². The average Bonchev–Trinajstić information content (AvgIpc) is 2.94. The Labute approximate surface area is 136 Å². The Kier molecular flexibility index (Phi) is 4.22. The second-order valence-electron chi connectivity index (χ2n) is 5.92. The fraction of sp³-hybridized carbons (Fsp3) is 0.278. The van der Waals surface area contributed by atoms with E-state index in [4.69, 9.17) is 0 Å². The van der Waals surface area contributed by atoms with Crippen molar-refractivity contribution in [1.29, 1.82) is 0 Å². The minimum atomic E-state index is -2.99. The Morgan fingerprint density at radius 3 is 2.17 bits per heavy atom. The monoisotopic (exact) mass is 329 g/mol. The Balaban J connectivity index is 1.75. The fourth-order valence-electron chi connectivity index (χ4n) is 2.89. The Morgan fingerprint density at radius 2 is 1.61 bits per heavy atom. The summed E-state index contributed by atoms with van der Waals surface area (Å²) in [6.45, 7) is 0. The highest BCUT2D eigenvalue weighted by Gasteiger charge is 2.32. The maximum atomic E-state index is 12.5. The molecule has 1 heterocycles. The molecule has 5 heteroatoms. The van der Waals surface area contributed by atoms with Crippen molar-refractivity contribution in [2.75, 3.05) is 18.6 Å². The zero-order valence-corrected chi connectivity index (χ0v) is 13.8. The van der Waals surface area contributed by atoms with E-state index in [9.17, 15) is 13.2 Å². The van der Waals surface area contributed by atoms with Crippen LogP contribution in [0.5, 0.6) is 0 Å². The first-order valence-electron chi connectivity index (χ1n) is 7.59. The van der Waals surface area contributed by atoms with Gasteiger partial charge in [-0.3, -0.25) is 4.79 Å². The van der Waals surface area contributed by atoms with E-state index >= 15 is 0 Å². The van der Waals surface area contributed by atoms with E-state index in [1.165, 1.54) is 0 Å². The Hall–Kier alpha value is -2.14. The molecule has 0 spiro atoms. The molecular formula is C18H19NO3S. The van der Waals surface area contributed by atoms with E-state index in [1.54, 1.807) is 24.1 Å². The fourth-order valence-corrected chi connectivity index (χ4v) is 4.66. The number of hydrogen-bond acceptors (Lipinski definition) is 3. The van der Waals surface area contributed by atoms with Crippen LogP contribution >= 0.6 is 0 Å². The molecule has 0 unspecified atom stereocenters. The maximum Gasteiger partial charge on any atom is 0.253 e. The molecule has 4 nitrogen and oxygen atoms in total. The van der Waals surface area contributed by atoms with Crippen LogP contribution in [-0.4, -0.2) is 43.8 Å². The van der Waals surface area contributed by atoms with Crippen LogP contribution in [-0.2, 0) is 9.84 Å². The SMILES string of the molecule is CN(C(=O)c1ccc(-c2ccccc2)cc1)[C@@H]1CCS(=O)(=O)C1. The van der Waals surface area contributed by atoms with Crippen molar-refractivity contribution in [3.63, 3.8) is 0 Å². The van der Waals surface area contributed by atoms with Crippen LogP contribution in [0.15, 0.2) is 54.6 Å². The molecule has 0 aliphatic carbocycles. The van der Waals surface area contributed by atoms with Crippen LogP contribution in [0.2, 0.25) is 0 Å². The summed E-state index contributed by atoms with van der Waals surface area (Å²) in [5.74, 6) is 0.103. The predicted octanol–water partition coefficient (Wildman–Crippen LogP) is 2.61. The third kappa shape index (κ3) is 3.45.